The van der Waals surface area contributed by atoms with Crippen LogP contribution >= 0.6 is 0 Å². The molecule has 10 heavy (non-hydrogen) atoms. The fourth-order valence-corrected chi connectivity index (χ4v) is 0.631. The fraction of sp³-hybridized carbons (Fsp3) is 0.667. The van der Waals surface area contributed by atoms with Gasteiger partial charge in [-0.05, 0) is 6.54 Å². The third kappa shape index (κ3) is 4.03. The first-order valence-electron chi connectivity index (χ1n) is 3.15. The number of amides is 1. The summed E-state index contributed by atoms with van der Waals surface area (Å²) in [4.78, 5) is 21.9. The standard InChI is InChI=1S/C6H12N2O2/c1-2-8(3-4-9)5-6(7)10/h4H,2-3,5H2,1H3,(H2,7,10). The molecule has 0 bridgehead atoms. The van der Waals surface area contributed by atoms with E-state index in [-0.39, 0.29) is 13.1 Å². The summed E-state index contributed by atoms with van der Waals surface area (Å²) in [6, 6.07) is 0. The monoisotopic (exact) mass is 144 g/mol. The molecule has 0 spiro atoms. The number of likely N-dealkylation sites (N-methyl/N-ethyl adjacent to an activating group) is 1. The van der Waals surface area contributed by atoms with Crippen LogP contribution in [0.5, 0.6) is 0 Å². The smallest absolute Gasteiger partial charge is 0.231 e. The van der Waals surface area contributed by atoms with Crippen LogP contribution in [0.3, 0.4) is 0 Å². The zero-order chi connectivity index (χ0) is 7.98. The second kappa shape index (κ2) is 4.93. The number of carbonyl (C=O) groups is 2. The molecule has 0 radical (unpaired) electrons. The molecule has 4 nitrogen and oxygen atoms in total. The first-order valence-corrected chi connectivity index (χ1v) is 3.15. The summed E-state index contributed by atoms with van der Waals surface area (Å²) in [7, 11) is 0. The molecule has 4 heteroatoms. The zero-order valence-corrected chi connectivity index (χ0v) is 6.04. The van der Waals surface area contributed by atoms with Crippen LogP contribution in [-0.4, -0.2) is 36.7 Å². The van der Waals surface area contributed by atoms with Gasteiger partial charge in [-0.25, -0.2) is 0 Å². The van der Waals surface area contributed by atoms with E-state index in [2.05, 4.69) is 0 Å². The number of hydrogen-bond donors (Lipinski definition) is 1. The van der Waals surface area contributed by atoms with Crippen LogP contribution in [0.1, 0.15) is 6.92 Å². The van der Waals surface area contributed by atoms with Gasteiger partial charge < -0.3 is 10.5 Å². The van der Waals surface area contributed by atoms with Gasteiger partial charge in [0.1, 0.15) is 6.29 Å². The van der Waals surface area contributed by atoms with Gasteiger partial charge in [-0.2, -0.15) is 0 Å². The minimum atomic E-state index is -0.399. The van der Waals surface area contributed by atoms with Crippen molar-refractivity contribution in [3.8, 4) is 0 Å². The molecule has 58 valence electrons. The molecule has 1 amide bonds. The van der Waals surface area contributed by atoms with Gasteiger partial charge in [0.15, 0.2) is 0 Å². The van der Waals surface area contributed by atoms with E-state index in [0.29, 0.717) is 6.54 Å². The van der Waals surface area contributed by atoms with Crippen molar-refractivity contribution in [1.29, 1.82) is 0 Å². The summed E-state index contributed by atoms with van der Waals surface area (Å²) in [5, 5.41) is 0. The number of aldehydes is 1. The van der Waals surface area contributed by atoms with E-state index >= 15 is 0 Å². The highest BCUT2D eigenvalue weighted by Gasteiger charge is 2.03. The van der Waals surface area contributed by atoms with Crippen LogP contribution < -0.4 is 5.73 Å². The Morgan fingerprint density at radius 2 is 2.30 bits per heavy atom. The lowest BCUT2D eigenvalue weighted by Crippen LogP contribution is -2.34. The lowest BCUT2D eigenvalue weighted by Gasteiger charge is -2.13. The molecule has 0 heterocycles. The minimum absolute atomic E-state index is 0.162. The Kier molecular flexibility index (Phi) is 4.49. The Morgan fingerprint density at radius 1 is 1.70 bits per heavy atom. The summed E-state index contributed by atoms with van der Waals surface area (Å²) in [6.07, 6.45) is 0.756. The van der Waals surface area contributed by atoms with Crippen molar-refractivity contribution >= 4 is 12.2 Å². The van der Waals surface area contributed by atoms with Gasteiger partial charge in [-0.15, -0.1) is 0 Å². The average molecular weight is 144 g/mol. The van der Waals surface area contributed by atoms with Crippen LogP contribution in [0.4, 0.5) is 0 Å². The fourth-order valence-electron chi connectivity index (χ4n) is 0.631. The highest BCUT2D eigenvalue weighted by molar-refractivity contribution is 5.76. The Bertz CT molecular complexity index is 125. The van der Waals surface area contributed by atoms with Crippen molar-refractivity contribution in [2.45, 2.75) is 6.92 Å². The Morgan fingerprint density at radius 3 is 2.60 bits per heavy atom. The van der Waals surface area contributed by atoms with Crippen LogP contribution in [0.2, 0.25) is 0 Å². The lowest BCUT2D eigenvalue weighted by molar-refractivity contribution is -0.119. The lowest BCUT2D eigenvalue weighted by atomic mass is 10.4. The van der Waals surface area contributed by atoms with Gasteiger partial charge in [-0.3, -0.25) is 9.69 Å². The van der Waals surface area contributed by atoms with E-state index in [0.717, 1.165) is 6.29 Å². The zero-order valence-electron chi connectivity index (χ0n) is 6.04. The molecule has 2 N–H and O–H groups in total. The quantitative estimate of drug-likeness (QED) is 0.503. The topological polar surface area (TPSA) is 63.4 Å². The summed E-state index contributed by atoms with van der Waals surface area (Å²) in [5.74, 6) is -0.399. The molecule has 0 fully saturated rings. The number of rotatable bonds is 5. The molecule has 0 aliphatic carbocycles. The summed E-state index contributed by atoms with van der Waals surface area (Å²) in [5.41, 5.74) is 4.90. The van der Waals surface area contributed by atoms with Gasteiger partial charge >= 0.3 is 0 Å². The number of nitrogens with two attached hydrogens (primary N) is 1. The first-order chi connectivity index (χ1) is 4.70. The first kappa shape index (κ1) is 9.10. The molecule has 0 aromatic heterocycles. The van der Waals surface area contributed by atoms with E-state index in [4.69, 9.17) is 5.73 Å². The van der Waals surface area contributed by atoms with Crippen LogP contribution in [-0.2, 0) is 9.59 Å². The van der Waals surface area contributed by atoms with Crippen molar-refractivity contribution in [3.05, 3.63) is 0 Å². The van der Waals surface area contributed by atoms with E-state index in [9.17, 15) is 9.59 Å². The van der Waals surface area contributed by atoms with E-state index in [1.54, 1.807) is 4.90 Å². The Hall–Kier alpha value is -0.900. The highest BCUT2D eigenvalue weighted by Crippen LogP contribution is 1.82. The molecule has 0 aromatic rings. The normalized spacial score (nSPS) is 9.80. The molecule has 0 aliphatic heterocycles. The Balaban J connectivity index is 3.59. The van der Waals surface area contributed by atoms with Crippen LogP contribution in [0.15, 0.2) is 0 Å². The van der Waals surface area contributed by atoms with Crippen LogP contribution in [0, 0.1) is 0 Å². The number of hydrogen-bond acceptors (Lipinski definition) is 3. The molecule has 0 saturated carbocycles. The molecule has 0 atom stereocenters. The van der Waals surface area contributed by atoms with E-state index < -0.39 is 5.91 Å². The summed E-state index contributed by atoms with van der Waals surface area (Å²) >= 11 is 0. The molecule has 0 aliphatic rings. The van der Waals surface area contributed by atoms with E-state index in [1.165, 1.54) is 0 Å². The van der Waals surface area contributed by atoms with Gasteiger partial charge in [0.25, 0.3) is 0 Å². The van der Waals surface area contributed by atoms with Crippen molar-refractivity contribution in [2.75, 3.05) is 19.6 Å². The minimum Gasteiger partial charge on any atom is -0.369 e. The third-order valence-electron chi connectivity index (χ3n) is 1.16. The molecule has 0 saturated heterocycles. The van der Waals surface area contributed by atoms with Crippen molar-refractivity contribution in [3.63, 3.8) is 0 Å². The molecular weight excluding hydrogens is 132 g/mol. The number of primary amides is 1. The summed E-state index contributed by atoms with van der Waals surface area (Å²) < 4.78 is 0. The predicted octanol–water partition coefficient (Wildman–Crippen LogP) is -1.01. The van der Waals surface area contributed by atoms with Gasteiger partial charge in [-0.1, -0.05) is 6.92 Å². The van der Waals surface area contributed by atoms with Gasteiger partial charge in [0.05, 0.1) is 13.1 Å². The maximum Gasteiger partial charge on any atom is 0.231 e. The largest absolute Gasteiger partial charge is 0.369 e. The maximum absolute atomic E-state index is 10.3. The van der Waals surface area contributed by atoms with E-state index in [1.807, 2.05) is 6.92 Å². The third-order valence-corrected chi connectivity index (χ3v) is 1.16. The Labute approximate surface area is 60.0 Å². The highest BCUT2D eigenvalue weighted by atomic mass is 16.1. The van der Waals surface area contributed by atoms with Gasteiger partial charge in [0.2, 0.25) is 5.91 Å². The van der Waals surface area contributed by atoms with Crippen molar-refractivity contribution in [2.24, 2.45) is 5.73 Å². The van der Waals surface area contributed by atoms with Crippen molar-refractivity contribution < 1.29 is 9.59 Å². The summed E-state index contributed by atoms with van der Waals surface area (Å²) in [6.45, 7) is 2.98. The molecule has 0 unspecified atom stereocenters. The molecule has 0 aromatic carbocycles. The van der Waals surface area contributed by atoms with Gasteiger partial charge in [0, 0.05) is 0 Å². The maximum atomic E-state index is 10.3. The number of nitrogens with zero attached hydrogens (tertiary/aromatic N) is 1. The second-order valence-electron chi connectivity index (χ2n) is 1.96. The predicted molar refractivity (Wildman–Crippen MR) is 37.4 cm³/mol. The SMILES string of the molecule is CCN(CC=O)CC(N)=O. The number of carbonyl (C=O) groups excluding carboxylic acids is 2. The molecule has 0 rings (SSSR count). The average Bonchev–Trinajstić information content (AvgIpc) is 1.86. The second-order valence-corrected chi connectivity index (χ2v) is 1.96. The molecular formula is C6H12N2O2. The van der Waals surface area contributed by atoms with Crippen LogP contribution in [0.25, 0.3) is 0 Å². The van der Waals surface area contributed by atoms with Crippen molar-refractivity contribution in [1.82, 2.24) is 4.90 Å².